The second-order valence-corrected chi connectivity index (χ2v) is 7.56. The largest absolute Gasteiger partial charge is 0.395 e. The van der Waals surface area contributed by atoms with Crippen molar-refractivity contribution in [1.29, 1.82) is 0 Å². The maximum absolute atomic E-state index is 12.3. The molecule has 0 aliphatic rings. The van der Waals surface area contributed by atoms with E-state index in [2.05, 4.69) is 0 Å². The van der Waals surface area contributed by atoms with E-state index < -0.39 is 21.5 Å². The number of rotatable bonds is 7. The Morgan fingerprint density at radius 2 is 1.60 bits per heavy atom. The van der Waals surface area contributed by atoms with Gasteiger partial charge in [-0.25, -0.2) is 8.42 Å². The number of primary amides is 1. The smallest absolute Gasteiger partial charge is 0.258 e. The summed E-state index contributed by atoms with van der Waals surface area (Å²) in [5.41, 5.74) is 3.78. The molecule has 8 heteroatoms. The summed E-state index contributed by atoms with van der Waals surface area (Å²) in [7, 11) is -2.42. The van der Waals surface area contributed by atoms with Crippen molar-refractivity contribution in [2.75, 3.05) is 20.2 Å². The number of carbonyl (C=O) groups excluding carboxylic acids is 1. The van der Waals surface area contributed by atoms with Crippen molar-refractivity contribution >= 4 is 15.9 Å². The zero-order valence-corrected chi connectivity index (χ0v) is 14.5. The second-order valence-electron chi connectivity index (χ2n) is 5.52. The highest BCUT2D eigenvalue weighted by Gasteiger charge is 2.38. The summed E-state index contributed by atoms with van der Waals surface area (Å²) in [6.45, 7) is -0.345. The molecule has 0 aliphatic carbocycles. The molecule has 4 N–H and O–H groups in total. The van der Waals surface area contributed by atoms with E-state index in [4.69, 9.17) is 10.8 Å². The van der Waals surface area contributed by atoms with E-state index in [0.29, 0.717) is 0 Å². The first-order valence-corrected chi connectivity index (χ1v) is 8.94. The number of likely N-dealkylation sites (N-methyl/N-ethyl adjacent to an activating group) is 1. The molecule has 2 rings (SSSR count). The van der Waals surface area contributed by atoms with Gasteiger partial charge in [0.25, 0.3) is 5.91 Å². The number of nitrogens with zero attached hydrogens (tertiary/aromatic N) is 1. The monoisotopic (exact) mass is 364 g/mol. The third-order valence-electron chi connectivity index (χ3n) is 3.94. The van der Waals surface area contributed by atoms with Crippen LogP contribution in [0.3, 0.4) is 0 Å². The fourth-order valence-corrected chi connectivity index (χ4v) is 3.60. The van der Waals surface area contributed by atoms with Crippen LogP contribution in [0.15, 0.2) is 59.5 Å². The maximum Gasteiger partial charge on any atom is 0.258 e. The minimum atomic E-state index is -3.77. The SMILES string of the molecule is CN(CCO)S(=O)(=O)c1ccc(C(O)(C(N)=O)c2ccccc2)cc1. The first-order valence-electron chi connectivity index (χ1n) is 7.50. The van der Waals surface area contributed by atoms with Gasteiger partial charge in [0.15, 0.2) is 5.60 Å². The predicted octanol–water partition coefficient (Wildman–Crippen LogP) is 0.0206. The molecule has 0 saturated heterocycles. The number of aliphatic hydroxyl groups excluding tert-OH is 1. The Balaban J connectivity index is 2.46. The number of sulfonamides is 1. The Bertz CT molecular complexity index is 837. The molecule has 0 radical (unpaired) electrons. The Labute approximate surface area is 146 Å². The van der Waals surface area contributed by atoms with Crippen LogP contribution < -0.4 is 5.73 Å². The Morgan fingerprint density at radius 3 is 2.08 bits per heavy atom. The van der Waals surface area contributed by atoms with Gasteiger partial charge in [-0.05, 0) is 23.3 Å². The van der Waals surface area contributed by atoms with Crippen molar-refractivity contribution in [3.63, 3.8) is 0 Å². The summed E-state index contributed by atoms with van der Waals surface area (Å²) < 4.78 is 25.7. The average molecular weight is 364 g/mol. The summed E-state index contributed by atoms with van der Waals surface area (Å²) in [4.78, 5) is 11.9. The topological polar surface area (TPSA) is 121 Å². The lowest BCUT2D eigenvalue weighted by Gasteiger charge is -2.26. The molecule has 0 fully saturated rings. The van der Waals surface area contributed by atoms with Gasteiger partial charge in [0.2, 0.25) is 10.0 Å². The van der Waals surface area contributed by atoms with Crippen LogP contribution in [-0.2, 0) is 20.4 Å². The molecular formula is C17H20N2O5S. The molecule has 0 heterocycles. The number of amides is 1. The van der Waals surface area contributed by atoms with Gasteiger partial charge in [-0.2, -0.15) is 4.31 Å². The van der Waals surface area contributed by atoms with Gasteiger partial charge in [0, 0.05) is 13.6 Å². The Hall–Kier alpha value is -2.26. The lowest BCUT2D eigenvalue weighted by atomic mass is 9.86. The fraction of sp³-hybridized carbons (Fsp3) is 0.235. The van der Waals surface area contributed by atoms with Crippen molar-refractivity contribution in [3.8, 4) is 0 Å². The van der Waals surface area contributed by atoms with E-state index >= 15 is 0 Å². The van der Waals surface area contributed by atoms with Crippen LogP contribution >= 0.6 is 0 Å². The third-order valence-corrected chi connectivity index (χ3v) is 5.81. The third kappa shape index (κ3) is 3.57. The minimum absolute atomic E-state index is 0.0212. The van der Waals surface area contributed by atoms with E-state index in [1.54, 1.807) is 30.3 Å². The van der Waals surface area contributed by atoms with Gasteiger partial charge < -0.3 is 15.9 Å². The number of carbonyl (C=O) groups is 1. The molecule has 7 nitrogen and oxygen atoms in total. The molecule has 0 aromatic heterocycles. The summed E-state index contributed by atoms with van der Waals surface area (Å²) >= 11 is 0. The first kappa shape index (κ1) is 19.1. The normalized spacial score (nSPS) is 14.2. The summed E-state index contributed by atoms with van der Waals surface area (Å²) in [6, 6.07) is 13.4. The van der Waals surface area contributed by atoms with Crippen LogP contribution in [0.1, 0.15) is 11.1 Å². The highest BCUT2D eigenvalue weighted by Crippen LogP contribution is 2.30. The van der Waals surface area contributed by atoms with Crippen LogP contribution in [0.2, 0.25) is 0 Å². The number of nitrogens with two attached hydrogens (primary N) is 1. The molecule has 0 saturated carbocycles. The molecule has 1 unspecified atom stereocenters. The Morgan fingerprint density at radius 1 is 1.08 bits per heavy atom. The van der Waals surface area contributed by atoms with Crippen molar-refractivity contribution < 1.29 is 23.4 Å². The average Bonchev–Trinajstić information content (AvgIpc) is 2.62. The number of benzene rings is 2. The molecule has 1 amide bonds. The molecule has 134 valence electrons. The van der Waals surface area contributed by atoms with Crippen molar-refractivity contribution in [1.82, 2.24) is 4.31 Å². The van der Waals surface area contributed by atoms with Gasteiger partial charge in [0.1, 0.15) is 0 Å². The van der Waals surface area contributed by atoms with Gasteiger partial charge in [-0.15, -0.1) is 0 Å². The number of hydrogen-bond donors (Lipinski definition) is 3. The highest BCUT2D eigenvalue weighted by atomic mass is 32.2. The molecule has 0 spiro atoms. The lowest BCUT2D eigenvalue weighted by Crippen LogP contribution is -2.42. The van der Waals surface area contributed by atoms with Crippen molar-refractivity contribution in [3.05, 3.63) is 65.7 Å². The van der Waals surface area contributed by atoms with E-state index in [0.717, 1.165) is 4.31 Å². The van der Waals surface area contributed by atoms with Gasteiger partial charge in [0.05, 0.1) is 11.5 Å². The lowest BCUT2D eigenvalue weighted by molar-refractivity contribution is -0.133. The van der Waals surface area contributed by atoms with Crippen LogP contribution in [0, 0.1) is 0 Å². The summed E-state index contributed by atoms with van der Waals surface area (Å²) in [5.74, 6) is -0.966. The van der Waals surface area contributed by atoms with Crippen LogP contribution in [0.5, 0.6) is 0 Å². The van der Waals surface area contributed by atoms with Gasteiger partial charge >= 0.3 is 0 Å². The predicted molar refractivity (Wildman–Crippen MR) is 92.0 cm³/mol. The van der Waals surface area contributed by atoms with Gasteiger partial charge in [-0.3, -0.25) is 4.79 Å². The summed E-state index contributed by atoms with van der Waals surface area (Å²) in [6.07, 6.45) is 0. The van der Waals surface area contributed by atoms with Crippen LogP contribution in [0.4, 0.5) is 0 Å². The molecule has 2 aromatic rings. The zero-order chi connectivity index (χ0) is 18.7. The fourth-order valence-electron chi connectivity index (χ4n) is 2.44. The summed E-state index contributed by atoms with van der Waals surface area (Å²) in [5, 5.41) is 19.7. The highest BCUT2D eigenvalue weighted by molar-refractivity contribution is 7.89. The molecular weight excluding hydrogens is 344 g/mol. The Kier molecular flexibility index (Phi) is 5.58. The van der Waals surface area contributed by atoms with E-state index in [1.807, 2.05) is 0 Å². The van der Waals surface area contributed by atoms with E-state index in [1.165, 1.54) is 31.3 Å². The van der Waals surface area contributed by atoms with Crippen molar-refractivity contribution in [2.24, 2.45) is 5.73 Å². The number of hydrogen-bond acceptors (Lipinski definition) is 5. The standard InChI is InChI=1S/C17H20N2O5S/c1-19(11-12-20)25(23,24)15-9-7-14(8-10-15)17(22,16(18)21)13-5-3-2-4-6-13/h2-10,20,22H,11-12H2,1H3,(H2,18,21). The second kappa shape index (κ2) is 7.32. The molecule has 0 bridgehead atoms. The zero-order valence-electron chi connectivity index (χ0n) is 13.7. The van der Waals surface area contributed by atoms with Gasteiger partial charge in [-0.1, -0.05) is 42.5 Å². The van der Waals surface area contributed by atoms with Crippen LogP contribution in [0.25, 0.3) is 0 Å². The van der Waals surface area contributed by atoms with E-state index in [-0.39, 0.29) is 29.2 Å². The van der Waals surface area contributed by atoms with Crippen molar-refractivity contribution in [2.45, 2.75) is 10.5 Å². The molecule has 25 heavy (non-hydrogen) atoms. The minimum Gasteiger partial charge on any atom is -0.395 e. The molecule has 1 atom stereocenters. The quantitative estimate of drug-likeness (QED) is 0.640. The first-order chi connectivity index (χ1) is 11.7. The van der Waals surface area contributed by atoms with E-state index in [9.17, 15) is 18.3 Å². The molecule has 0 aliphatic heterocycles. The van der Waals surface area contributed by atoms with Crippen LogP contribution in [-0.4, -0.2) is 49.0 Å². The number of aliphatic hydroxyl groups is 2. The maximum atomic E-state index is 12.3. The molecule has 2 aromatic carbocycles.